The zero-order valence-corrected chi connectivity index (χ0v) is 18.3. The molecule has 162 valence electrons. The zero-order valence-electron chi connectivity index (χ0n) is 18.3. The second-order valence-electron chi connectivity index (χ2n) is 11.4. The lowest BCUT2D eigenvalue weighted by Crippen LogP contribution is -2.48. The summed E-state index contributed by atoms with van der Waals surface area (Å²) in [7, 11) is 0. The van der Waals surface area contributed by atoms with Gasteiger partial charge in [-0.15, -0.1) is 0 Å². The Morgan fingerprint density at radius 2 is 1.31 bits per heavy atom. The molecule has 6 aliphatic rings. The topological polar surface area (TPSA) is 26.8 Å². The molecule has 1 amide bonds. The van der Waals surface area contributed by atoms with Crippen molar-refractivity contribution in [1.82, 2.24) is 14.7 Å². The number of hydrogen-bond donors (Lipinski definition) is 0. The number of piperidine rings is 4. The van der Waals surface area contributed by atoms with Gasteiger partial charge in [0, 0.05) is 43.7 Å². The number of hydrogen-bond acceptors (Lipinski definition) is 3. The molecule has 4 nitrogen and oxygen atoms in total. The molecule has 6 aliphatic heterocycles. The van der Waals surface area contributed by atoms with Crippen molar-refractivity contribution < 1.29 is 4.79 Å². The monoisotopic (exact) mass is 399 g/mol. The predicted molar refractivity (Wildman–Crippen MR) is 116 cm³/mol. The van der Waals surface area contributed by atoms with Crippen molar-refractivity contribution in [2.45, 2.75) is 95.2 Å². The second kappa shape index (κ2) is 7.82. The van der Waals surface area contributed by atoms with Gasteiger partial charge in [0.25, 0.3) is 0 Å². The molecule has 0 aromatic rings. The van der Waals surface area contributed by atoms with E-state index in [1.54, 1.807) is 0 Å². The number of rotatable bonds is 2. The molecular formula is C25H41N3O. The Morgan fingerprint density at radius 3 is 2.14 bits per heavy atom. The molecule has 6 rings (SSSR count). The molecule has 0 N–H and O–H groups in total. The maximum absolute atomic E-state index is 13.3. The molecule has 6 fully saturated rings. The SMILES string of the molecule is O=C1C(C2CCC3CCCCN3C2)CC2CC(C3CC4CCCCN4C3)CCN12. The largest absolute Gasteiger partial charge is 0.339 e. The first-order chi connectivity index (χ1) is 14.3. The van der Waals surface area contributed by atoms with E-state index in [9.17, 15) is 4.79 Å². The molecule has 4 heteroatoms. The summed E-state index contributed by atoms with van der Waals surface area (Å²) in [6, 6.07) is 2.30. The van der Waals surface area contributed by atoms with Gasteiger partial charge >= 0.3 is 0 Å². The van der Waals surface area contributed by atoms with E-state index < -0.39 is 0 Å². The Morgan fingerprint density at radius 1 is 0.586 bits per heavy atom. The van der Waals surface area contributed by atoms with Crippen LogP contribution in [-0.2, 0) is 4.79 Å². The molecule has 0 aromatic carbocycles. The van der Waals surface area contributed by atoms with Crippen LogP contribution in [0.25, 0.3) is 0 Å². The van der Waals surface area contributed by atoms with Crippen molar-refractivity contribution in [2.24, 2.45) is 23.7 Å². The molecule has 0 radical (unpaired) electrons. The Kier molecular flexibility index (Phi) is 5.15. The van der Waals surface area contributed by atoms with Gasteiger partial charge in [0.15, 0.2) is 0 Å². The minimum atomic E-state index is 0.344. The van der Waals surface area contributed by atoms with Gasteiger partial charge in [-0.1, -0.05) is 12.8 Å². The smallest absolute Gasteiger partial charge is 0.226 e. The van der Waals surface area contributed by atoms with E-state index in [4.69, 9.17) is 0 Å². The minimum Gasteiger partial charge on any atom is -0.339 e. The molecule has 6 saturated heterocycles. The number of fused-ring (bicyclic) bond motifs is 3. The quantitative estimate of drug-likeness (QED) is 0.707. The molecule has 0 aliphatic carbocycles. The summed E-state index contributed by atoms with van der Waals surface area (Å²) in [5, 5.41) is 0. The van der Waals surface area contributed by atoms with Crippen molar-refractivity contribution in [3.05, 3.63) is 0 Å². The molecule has 0 spiro atoms. The lowest BCUT2D eigenvalue weighted by Gasteiger charge is -2.43. The van der Waals surface area contributed by atoms with Crippen LogP contribution in [0.4, 0.5) is 0 Å². The summed E-state index contributed by atoms with van der Waals surface area (Å²) in [4.78, 5) is 21.2. The standard InChI is InChI=1S/C25H41N3O/c29-25-24(19-7-8-21-5-1-3-10-26(21)16-19)15-23-13-18(9-12-28(23)25)20-14-22-6-2-4-11-27(22)17-20/h18-24H,1-17H2. The normalized spacial score (nSPS) is 46.4. The van der Waals surface area contributed by atoms with E-state index >= 15 is 0 Å². The summed E-state index contributed by atoms with van der Waals surface area (Å²) in [6.07, 6.45) is 16.4. The van der Waals surface area contributed by atoms with Crippen LogP contribution in [0.5, 0.6) is 0 Å². The fourth-order valence-electron chi connectivity index (χ4n) is 8.41. The summed E-state index contributed by atoms with van der Waals surface area (Å²) >= 11 is 0. The van der Waals surface area contributed by atoms with Gasteiger partial charge in [0.1, 0.15) is 0 Å². The molecule has 7 atom stereocenters. The molecule has 7 unspecified atom stereocenters. The van der Waals surface area contributed by atoms with E-state index in [0.29, 0.717) is 23.8 Å². The fraction of sp³-hybridized carbons (Fsp3) is 0.960. The van der Waals surface area contributed by atoms with Crippen LogP contribution >= 0.6 is 0 Å². The molecule has 6 heterocycles. The van der Waals surface area contributed by atoms with E-state index in [1.165, 1.54) is 103 Å². The minimum absolute atomic E-state index is 0.344. The summed E-state index contributed by atoms with van der Waals surface area (Å²) in [5.41, 5.74) is 0. The van der Waals surface area contributed by atoms with E-state index in [0.717, 1.165) is 30.5 Å². The number of carbonyl (C=O) groups is 1. The van der Waals surface area contributed by atoms with Crippen molar-refractivity contribution in [2.75, 3.05) is 32.7 Å². The van der Waals surface area contributed by atoms with Gasteiger partial charge in [-0.2, -0.15) is 0 Å². The molecule has 29 heavy (non-hydrogen) atoms. The van der Waals surface area contributed by atoms with Crippen LogP contribution in [-0.4, -0.2) is 71.5 Å². The number of nitrogens with zero attached hydrogens (tertiary/aromatic N) is 3. The highest BCUT2D eigenvalue weighted by atomic mass is 16.2. The third-order valence-electron chi connectivity index (χ3n) is 10.0. The number of amides is 1. The zero-order chi connectivity index (χ0) is 19.4. The highest BCUT2D eigenvalue weighted by Gasteiger charge is 2.49. The predicted octanol–water partition coefficient (Wildman–Crippen LogP) is 3.75. The second-order valence-corrected chi connectivity index (χ2v) is 11.4. The van der Waals surface area contributed by atoms with Crippen molar-refractivity contribution in [3.8, 4) is 0 Å². The lowest BCUT2D eigenvalue weighted by atomic mass is 9.77. The maximum Gasteiger partial charge on any atom is 0.226 e. The van der Waals surface area contributed by atoms with Gasteiger partial charge < -0.3 is 14.7 Å². The maximum atomic E-state index is 13.3. The van der Waals surface area contributed by atoms with Crippen molar-refractivity contribution in [1.29, 1.82) is 0 Å². The summed E-state index contributed by atoms with van der Waals surface area (Å²) < 4.78 is 0. The van der Waals surface area contributed by atoms with Crippen LogP contribution in [0.2, 0.25) is 0 Å². The van der Waals surface area contributed by atoms with E-state index in [2.05, 4.69) is 14.7 Å². The first kappa shape index (κ1) is 19.1. The highest BCUT2D eigenvalue weighted by Crippen LogP contribution is 2.45. The Hall–Kier alpha value is -0.610. The molecule has 0 aromatic heterocycles. The Bertz CT molecular complexity index is 609. The van der Waals surface area contributed by atoms with Gasteiger partial charge in [-0.3, -0.25) is 4.79 Å². The van der Waals surface area contributed by atoms with Crippen LogP contribution in [0.1, 0.15) is 77.0 Å². The Balaban J connectivity index is 1.08. The molecule has 0 saturated carbocycles. The van der Waals surface area contributed by atoms with Crippen LogP contribution < -0.4 is 0 Å². The summed E-state index contributed by atoms with van der Waals surface area (Å²) in [5.74, 6) is 3.32. The number of carbonyl (C=O) groups excluding carboxylic acids is 1. The Labute approximate surface area is 177 Å². The summed E-state index contributed by atoms with van der Waals surface area (Å²) in [6.45, 7) is 6.27. The fourth-order valence-corrected chi connectivity index (χ4v) is 8.41. The van der Waals surface area contributed by atoms with Crippen molar-refractivity contribution in [3.63, 3.8) is 0 Å². The first-order valence-electron chi connectivity index (χ1n) is 13.0. The average Bonchev–Trinajstić information content (AvgIpc) is 3.34. The van der Waals surface area contributed by atoms with Gasteiger partial charge in [-0.05, 0) is 95.1 Å². The average molecular weight is 400 g/mol. The third-order valence-corrected chi connectivity index (χ3v) is 10.0. The van der Waals surface area contributed by atoms with Crippen molar-refractivity contribution >= 4 is 5.91 Å². The molecular weight excluding hydrogens is 358 g/mol. The first-order valence-corrected chi connectivity index (χ1v) is 13.0. The molecule has 0 bridgehead atoms. The van der Waals surface area contributed by atoms with Crippen LogP contribution in [0, 0.1) is 23.7 Å². The van der Waals surface area contributed by atoms with E-state index in [1.807, 2.05) is 0 Å². The van der Waals surface area contributed by atoms with Gasteiger partial charge in [0.2, 0.25) is 5.91 Å². The van der Waals surface area contributed by atoms with E-state index in [-0.39, 0.29) is 0 Å². The van der Waals surface area contributed by atoms with Gasteiger partial charge in [-0.25, -0.2) is 0 Å². The van der Waals surface area contributed by atoms with Crippen LogP contribution in [0.15, 0.2) is 0 Å². The lowest BCUT2D eigenvalue weighted by molar-refractivity contribution is -0.135. The highest BCUT2D eigenvalue weighted by molar-refractivity contribution is 5.82. The third kappa shape index (κ3) is 3.46. The van der Waals surface area contributed by atoms with Gasteiger partial charge in [0.05, 0.1) is 0 Å². The van der Waals surface area contributed by atoms with Crippen LogP contribution in [0.3, 0.4) is 0 Å².